The van der Waals surface area contributed by atoms with Crippen molar-refractivity contribution in [1.82, 2.24) is 14.9 Å². The Labute approximate surface area is 201 Å². The molecular weight excluding hydrogens is 420 g/mol. The van der Waals surface area contributed by atoms with Crippen molar-refractivity contribution >= 4 is 18.6 Å². The third-order valence-corrected chi connectivity index (χ3v) is 6.40. The molecule has 1 atom stereocenters. The number of pyridine rings is 1. The van der Waals surface area contributed by atoms with Crippen LogP contribution in [0.5, 0.6) is 0 Å². The Bertz CT molecular complexity index is 1290. The van der Waals surface area contributed by atoms with Gasteiger partial charge in [-0.25, -0.2) is 4.98 Å². The smallest absolute Gasteiger partial charge is 0.168 e. The van der Waals surface area contributed by atoms with Gasteiger partial charge in [0.05, 0.1) is 0 Å². The fraction of sp³-hybridized carbons (Fsp3) is 0.310. The monoisotopic (exact) mass is 452 g/mol. The van der Waals surface area contributed by atoms with Gasteiger partial charge in [-0.15, -0.1) is 0 Å². The molecule has 5 heteroatoms. The van der Waals surface area contributed by atoms with Crippen LogP contribution in [0.4, 0.5) is 0 Å². The standard InChI is InChI=1S/C29H32N4O/c1-33-18-6-11-29(33)28-19-24(20-30)27(32-28)17-16-23-14-12-22(13-15-23)7-3-2-4-8-25-9-5-10-26(21-34)31-25/h5,9-10,12-15,17,19-21,29,32H,2-3,6-7,11,16,18,30H2,1H3/b24-20-,27-17+. The Morgan fingerprint density at radius 1 is 1.21 bits per heavy atom. The summed E-state index contributed by atoms with van der Waals surface area (Å²) >= 11 is 0. The van der Waals surface area contributed by atoms with Crippen LogP contribution in [-0.4, -0.2) is 34.7 Å². The lowest BCUT2D eigenvalue weighted by atomic mass is 10.0. The van der Waals surface area contributed by atoms with Crippen LogP contribution in [0.3, 0.4) is 0 Å². The number of hydrogen-bond donors (Lipinski definition) is 2. The number of rotatable bonds is 7. The summed E-state index contributed by atoms with van der Waals surface area (Å²) in [5.41, 5.74) is 10.8. The number of carbonyl (C=O) groups is 1. The van der Waals surface area contributed by atoms with Crippen LogP contribution in [0.25, 0.3) is 12.3 Å². The maximum absolute atomic E-state index is 10.8. The van der Waals surface area contributed by atoms with E-state index >= 15 is 0 Å². The summed E-state index contributed by atoms with van der Waals surface area (Å²) in [6, 6.07) is 16.8. The average molecular weight is 453 g/mol. The summed E-state index contributed by atoms with van der Waals surface area (Å²) in [5, 5.41) is 2.18. The number of likely N-dealkylation sites (tertiary alicyclic amines) is 1. The van der Waals surface area contributed by atoms with Crippen LogP contribution in [0.1, 0.15) is 64.7 Å². The molecule has 174 valence electrons. The van der Waals surface area contributed by atoms with Gasteiger partial charge in [0, 0.05) is 34.9 Å². The van der Waals surface area contributed by atoms with Crippen molar-refractivity contribution < 1.29 is 4.79 Å². The minimum absolute atomic E-state index is 0.416. The van der Waals surface area contributed by atoms with Gasteiger partial charge in [0.2, 0.25) is 0 Å². The van der Waals surface area contributed by atoms with Crippen molar-refractivity contribution in [3.63, 3.8) is 0 Å². The largest absolute Gasteiger partial charge is 0.404 e. The first kappa shape index (κ1) is 23.5. The van der Waals surface area contributed by atoms with E-state index < -0.39 is 0 Å². The molecule has 0 bridgehead atoms. The van der Waals surface area contributed by atoms with Crippen LogP contribution in [0.15, 0.2) is 48.5 Å². The number of carbonyl (C=O) groups excluding carboxylic acids is 1. The molecule has 1 unspecified atom stereocenters. The Balaban J connectivity index is 1.31. The lowest BCUT2D eigenvalue weighted by Gasteiger charge is -2.17. The Morgan fingerprint density at radius 2 is 2.03 bits per heavy atom. The second-order valence-electron chi connectivity index (χ2n) is 8.84. The fourth-order valence-electron chi connectivity index (χ4n) is 4.48. The van der Waals surface area contributed by atoms with Crippen LogP contribution < -0.4 is 16.3 Å². The van der Waals surface area contributed by atoms with E-state index in [1.165, 1.54) is 29.7 Å². The van der Waals surface area contributed by atoms with Gasteiger partial charge in [0.15, 0.2) is 6.29 Å². The molecule has 3 heterocycles. The van der Waals surface area contributed by atoms with E-state index in [2.05, 4.69) is 70.2 Å². The van der Waals surface area contributed by atoms with Gasteiger partial charge >= 0.3 is 0 Å². The van der Waals surface area contributed by atoms with E-state index in [4.69, 9.17) is 5.73 Å². The fourth-order valence-corrected chi connectivity index (χ4v) is 4.48. The van der Waals surface area contributed by atoms with E-state index in [0.717, 1.165) is 49.1 Å². The minimum Gasteiger partial charge on any atom is -0.404 e. The van der Waals surface area contributed by atoms with E-state index in [1.54, 1.807) is 18.3 Å². The summed E-state index contributed by atoms with van der Waals surface area (Å²) < 4.78 is 0. The number of unbranched alkanes of at least 4 members (excludes halogenated alkanes) is 1. The first-order valence-corrected chi connectivity index (χ1v) is 12.0. The molecule has 0 spiro atoms. The number of aryl methyl sites for hydroxylation is 1. The summed E-state index contributed by atoms with van der Waals surface area (Å²) in [6.45, 7) is 1.15. The molecule has 4 rings (SSSR count). The number of aldehydes is 1. The van der Waals surface area contributed by atoms with Gasteiger partial charge in [-0.2, -0.15) is 0 Å². The number of nitrogens with one attached hydrogen (secondary N) is 1. The molecule has 0 amide bonds. The van der Waals surface area contributed by atoms with Gasteiger partial charge in [-0.3, -0.25) is 9.69 Å². The zero-order valence-electron chi connectivity index (χ0n) is 19.8. The lowest BCUT2D eigenvalue weighted by Crippen LogP contribution is -2.24. The number of nitrogens with two attached hydrogens (primary N) is 1. The highest BCUT2D eigenvalue weighted by Gasteiger charge is 2.23. The average Bonchev–Trinajstić information content (AvgIpc) is 3.48. The molecule has 2 aromatic heterocycles. The number of nitrogens with zero attached hydrogens (tertiary/aromatic N) is 2. The summed E-state index contributed by atoms with van der Waals surface area (Å²) in [7, 11) is 2.19. The van der Waals surface area contributed by atoms with E-state index in [1.807, 2.05) is 6.07 Å². The van der Waals surface area contributed by atoms with Gasteiger partial charge in [-0.05, 0) is 80.9 Å². The molecule has 1 aromatic carbocycles. The Morgan fingerprint density at radius 3 is 2.76 bits per heavy atom. The lowest BCUT2D eigenvalue weighted by molar-refractivity contribution is 0.111. The number of benzene rings is 1. The van der Waals surface area contributed by atoms with Crippen LogP contribution >= 0.6 is 0 Å². The normalized spacial score (nSPS) is 17.0. The molecule has 1 aliphatic heterocycles. The van der Waals surface area contributed by atoms with Gasteiger partial charge in [0.1, 0.15) is 11.4 Å². The van der Waals surface area contributed by atoms with Crippen molar-refractivity contribution in [3.8, 4) is 11.8 Å². The molecule has 0 radical (unpaired) electrons. The molecule has 1 saturated heterocycles. The highest BCUT2D eigenvalue weighted by atomic mass is 16.1. The van der Waals surface area contributed by atoms with Crippen molar-refractivity contribution in [3.05, 3.63) is 87.3 Å². The number of aromatic nitrogens is 2. The summed E-state index contributed by atoms with van der Waals surface area (Å²) in [5.74, 6) is 6.19. The van der Waals surface area contributed by atoms with Crippen LogP contribution in [0, 0.1) is 11.8 Å². The van der Waals surface area contributed by atoms with Crippen molar-refractivity contribution in [2.75, 3.05) is 13.6 Å². The first-order chi connectivity index (χ1) is 16.7. The van der Waals surface area contributed by atoms with Gasteiger partial charge in [0.25, 0.3) is 0 Å². The third kappa shape index (κ3) is 6.03. The molecule has 34 heavy (non-hydrogen) atoms. The number of hydrogen-bond acceptors (Lipinski definition) is 4. The highest BCUT2D eigenvalue weighted by molar-refractivity contribution is 5.71. The van der Waals surface area contributed by atoms with Crippen molar-refractivity contribution in [2.45, 2.75) is 44.6 Å². The Hall–Kier alpha value is -3.62. The van der Waals surface area contributed by atoms with E-state index in [-0.39, 0.29) is 0 Å². The number of H-pyrrole nitrogens is 1. The van der Waals surface area contributed by atoms with Gasteiger partial charge in [-0.1, -0.05) is 42.3 Å². The predicted octanol–water partition coefficient (Wildman–Crippen LogP) is 3.08. The maximum atomic E-state index is 10.8. The Kier molecular flexibility index (Phi) is 7.95. The zero-order valence-corrected chi connectivity index (χ0v) is 19.8. The molecule has 5 nitrogen and oxygen atoms in total. The van der Waals surface area contributed by atoms with E-state index in [0.29, 0.717) is 17.4 Å². The second-order valence-corrected chi connectivity index (χ2v) is 8.84. The van der Waals surface area contributed by atoms with Crippen molar-refractivity contribution in [2.24, 2.45) is 5.73 Å². The van der Waals surface area contributed by atoms with Crippen LogP contribution in [0.2, 0.25) is 0 Å². The predicted molar refractivity (Wildman–Crippen MR) is 137 cm³/mol. The second kappa shape index (κ2) is 11.5. The van der Waals surface area contributed by atoms with Crippen molar-refractivity contribution in [1.29, 1.82) is 0 Å². The SMILES string of the molecule is CN1CCCC1c1cc(=C/N)/c(=C\Cc2ccc(CCCC#Cc3cccc(C=O)n3)cc2)[nH]1. The quantitative estimate of drug-likeness (QED) is 0.328. The zero-order chi connectivity index (χ0) is 23.8. The number of aromatic amines is 1. The summed E-state index contributed by atoms with van der Waals surface area (Å²) in [6.07, 6.45) is 10.7. The molecular formula is C29H32N4O. The molecule has 0 saturated carbocycles. The summed E-state index contributed by atoms with van der Waals surface area (Å²) in [4.78, 5) is 21.0. The molecule has 1 aliphatic rings. The topological polar surface area (TPSA) is 75.0 Å². The third-order valence-electron chi connectivity index (χ3n) is 6.40. The van der Waals surface area contributed by atoms with E-state index in [9.17, 15) is 4.79 Å². The van der Waals surface area contributed by atoms with Gasteiger partial charge < -0.3 is 10.7 Å². The maximum Gasteiger partial charge on any atom is 0.168 e. The minimum atomic E-state index is 0.416. The van der Waals surface area contributed by atoms with Crippen LogP contribution in [-0.2, 0) is 12.8 Å². The molecule has 0 aliphatic carbocycles. The molecule has 3 N–H and O–H groups in total. The molecule has 1 fully saturated rings. The first-order valence-electron chi connectivity index (χ1n) is 12.0. The highest BCUT2D eigenvalue weighted by Crippen LogP contribution is 2.27. The molecule has 3 aromatic rings.